The number of nitrogens with one attached hydrogen (secondary N) is 1. The number of anilines is 2. The second-order valence-electron chi connectivity index (χ2n) is 3.97. The van der Waals surface area contributed by atoms with E-state index in [2.05, 4.69) is 5.32 Å². The Balaban J connectivity index is 2.36. The molecule has 0 fully saturated rings. The summed E-state index contributed by atoms with van der Waals surface area (Å²) < 4.78 is 13.4. The van der Waals surface area contributed by atoms with E-state index < -0.39 is 11.7 Å². The molecule has 2 rings (SSSR count). The van der Waals surface area contributed by atoms with Gasteiger partial charge in [0.15, 0.2) is 0 Å². The molecule has 0 atom stereocenters. The molecule has 2 aromatic carbocycles. The smallest absolute Gasteiger partial charge is 0.257 e. The van der Waals surface area contributed by atoms with Gasteiger partial charge in [0.1, 0.15) is 17.4 Å². The first-order valence-electron chi connectivity index (χ1n) is 5.58. The van der Waals surface area contributed by atoms with Crippen LogP contribution in [0, 0.1) is 17.1 Å². The van der Waals surface area contributed by atoms with E-state index in [-0.39, 0.29) is 21.8 Å². The molecule has 0 spiro atoms. The summed E-state index contributed by atoms with van der Waals surface area (Å²) in [5, 5.41) is 11.6. The quantitative estimate of drug-likeness (QED) is 0.833. The van der Waals surface area contributed by atoms with E-state index in [9.17, 15) is 9.18 Å². The van der Waals surface area contributed by atoms with E-state index in [1.807, 2.05) is 0 Å². The van der Waals surface area contributed by atoms with Crippen molar-refractivity contribution in [3.63, 3.8) is 0 Å². The molecule has 0 radical (unpaired) electrons. The Kier molecular flexibility index (Phi) is 3.87. The first-order chi connectivity index (χ1) is 9.52. The van der Waals surface area contributed by atoms with Crippen molar-refractivity contribution in [1.29, 1.82) is 5.26 Å². The number of rotatable bonds is 2. The van der Waals surface area contributed by atoms with Crippen LogP contribution in [-0.2, 0) is 0 Å². The molecule has 3 N–H and O–H groups in total. The molecule has 2 aromatic rings. The number of carbonyl (C=O) groups is 1. The molecule has 0 aliphatic heterocycles. The molecule has 4 nitrogen and oxygen atoms in total. The summed E-state index contributed by atoms with van der Waals surface area (Å²) in [6.45, 7) is 0. The number of carbonyl (C=O) groups excluding carboxylic acids is 1. The molecule has 0 aromatic heterocycles. The molecule has 100 valence electrons. The lowest BCUT2D eigenvalue weighted by atomic mass is 10.1. The van der Waals surface area contributed by atoms with Gasteiger partial charge < -0.3 is 11.1 Å². The van der Waals surface area contributed by atoms with Gasteiger partial charge in [-0.05, 0) is 30.3 Å². The molecule has 6 heteroatoms. The van der Waals surface area contributed by atoms with Crippen LogP contribution in [0.2, 0.25) is 5.02 Å². The number of benzene rings is 2. The lowest BCUT2D eigenvalue weighted by Crippen LogP contribution is -2.14. The normalized spacial score (nSPS) is 9.85. The Hall–Kier alpha value is -2.58. The summed E-state index contributed by atoms with van der Waals surface area (Å²) in [4.78, 5) is 12.1. The summed E-state index contributed by atoms with van der Waals surface area (Å²) in [6.07, 6.45) is 0. The number of halogens is 2. The molecule has 0 aliphatic carbocycles. The van der Waals surface area contributed by atoms with E-state index >= 15 is 0 Å². The summed E-state index contributed by atoms with van der Waals surface area (Å²) in [5.41, 5.74) is 5.96. The number of amides is 1. The van der Waals surface area contributed by atoms with Crippen molar-refractivity contribution in [2.24, 2.45) is 0 Å². The second kappa shape index (κ2) is 5.59. The highest BCUT2D eigenvalue weighted by atomic mass is 35.5. The third kappa shape index (κ3) is 2.71. The lowest BCUT2D eigenvalue weighted by molar-refractivity contribution is 0.102. The van der Waals surface area contributed by atoms with Crippen molar-refractivity contribution in [1.82, 2.24) is 0 Å². The summed E-state index contributed by atoms with van der Waals surface area (Å²) in [7, 11) is 0. The third-order valence-corrected chi connectivity index (χ3v) is 2.94. The zero-order chi connectivity index (χ0) is 14.7. The maximum Gasteiger partial charge on any atom is 0.257 e. The predicted octanol–water partition coefficient (Wildman–Crippen LogP) is 3.19. The van der Waals surface area contributed by atoms with Crippen LogP contribution in [0.4, 0.5) is 15.8 Å². The highest BCUT2D eigenvalue weighted by Crippen LogP contribution is 2.22. The maximum absolute atomic E-state index is 13.4. The summed E-state index contributed by atoms with van der Waals surface area (Å²) in [6, 6.07) is 10.1. The number of nitriles is 1. The van der Waals surface area contributed by atoms with Crippen LogP contribution in [0.15, 0.2) is 36.4 Å². The molecule has 0 heterocycles. The average Bonchev–Trinajstić information content (AvgIpc) is 2.41. The van der Waals surface area contributed by atoms with Gasteiger partial charge in [-0.1, -0.05) is 17.7 Å². The van der Waals surface area contributed by atoms with E-state index in [1.165, 1.54) is 24.3 Å². The van der Waals surface area contributed by atoms with E-state index in [0.717, 1.165) is 6.07 Å². The zero-order valence-electron chi connectivity index (χ0n) is 10.2. The fraction of sp³-hybridized carbons (Fsp3) is 0. The first kappa shape index (κ1) is 13.8. The van der Waals surface area contributed by atoms with Crippen LogP contribution in [0.25, 0.3) is 0 Å². The minimum atomic E-state index is -0.705. The van der Waals surface area contributed by atoms with Gasteiger partial charge in [-0.3, -0.25) is 4.79 Å². The number of hydrogen-bond acceptors (Lipinski definition) is 3. The molecule has 0 saturated heterocycles. The van der Waals surface area contributed by atoms with Crippen molar-refractivity contribution >= 4 is 28.9 Å². The van der Waals surface area contributed by atoms with Gasteiger partial charge in [-0.15, -0.1) is 0 Å². The van der Waals surface area contributed by atoms with Crippen LogP contribution >= 0.6 is 11.6 Å². The first-order valence-corrected chi connectivity index (χ1v) is 5.95. The fourth-order valence-corrected chi connectivity index (χ4v) is 1.85. The highest BCUT2D eigenvalue weighted by molar-refractivity contribution is 6.34. The predicted molar refractivity (Wildman–Crippen MR) is 74.9 cm³/mol. The Bertz CT molecular complexity index is 725. The summed E-state index contributed by atoms with van der Waals surface area (Å²) >= 11 is 5.91. The van der Waals surface area contributed by atoms with Gasteiger partial charge in [0, 0.05) is 5.69 Å². The van der Waals surface area contributed by atoms with E-state index in [0.29, 0.717) is 5.69 Å². The van der Waals surface area contributed by atoms with Gasteiger partial charge in [-0.25, -0.2) is 4.39 Å². The maximum atomic E-state index is 13.4. The Morgan fingerprint density at radius 2 is 2.10 bits per heavy atom. The molecule has 0 bridgehead atoms. The molecular formula is C14H9ClFN3O. The Morgan fingerprint density at radius 1 is 1.35 bits per heavy atom. The number of nitrogens with zero attached hydrogens (tertiary/aromatic N) is 1. The SMILES string of the molecule is N#Cc1c(F)cccc1NC(=O)c1cc(N)ccc1Cl. The number of nitrogens with two attached hydrogens (primary N) is 1. The van der Waals surface area contributed by atoms with Gasteiger partial charge in [0.05, 0.1) is 16.3 Å². The van der Waals surface area contributed by atoms with Crippen molar-refractivity contribution in [3.05, 3.63) is 58.4 Å². The highest BCUT2D eigenvalue weighted by Gasteiger charge is 2.14. The third-order valence-electron chi connectivity index (χ3n) is 2.61. The molecule has 0 aliphatic rings. The monoisotopic (exact) mass is 289 g/mol. The Labute approximate surface area is 119 Å². The average molecular weight is 290 g/mol. The minimum Gasteiger partial charge on any atom is -0.399 e. The van der Waals surface area contributed by atoms with Crippen molar-refractivity contribution in [2.75, 3.05) is 11.1 Å². The number of nitrogen functional groups attached to an aromatic ring is 1. The molecule has 20 heavy (non-hydrogen) atoms. The second-order valence-corrected chi connectivity index (χ2v) is 4.37. The van der Waals surface area contributed by atoms with Crippen LogP contribution in [0.5, 0.6) is 0 Å². The largest absolute Gasteiger partial charge is 0.399 e. The number of hydrogen-bond donors (Lipinski definition) is 2. The van der Waals surface area contributed by atoms with Gasteiger partial charge in [0.2, 0.25) is 0 Å². The van der Waals surface area contributed by atoms with Crippen molar-refractivity contribution in [2.45, 2.75) is 0 Å². The topological polar surface area (TPSA) is 78.9 Å². The molecule has 0 unspecified atom stereocenters. The molecular weight excluding hydrogens is 281 g/mol. The minimum absolute atomic E-state index is 0.0796. The van der Waals surface area contributed by atoms with E-state index in [1.54, 1.807) is 12.1 Å². The zero-order valence-corrected chi connectivity index (χ0v) is 10.9. The standard InChI is InChI=1S/C14H9ClFN3O/c15-11-5-4-8(18)6-9(11)14(20)19-13-3-1-2-12(16)10(13)7-17/h1-6H,18H2,(H,19,20). The molecule has 1 amide bonds. The van der Waals surface area contributed by atoms with Crippen LogP contribution in [0.3, 0.4) is 0 Å². The van der Waals surface area contributed by atoms with Crippen molar-refractivity contribution in [3.8, 4) is 6.07 Å². The van der Waals surface area contributed by atoms with Crippen LogP contribution in [-0.4, -0.2) is 5.91 Å². The molecule has 0 saturated carbocycles. The van der Waals surface area contributed by atoms with Crippen LogP contribution in [0.1, 0.15) is 15.9 Å². The van der Waals surface area contributed by atoms with Crippen LogP contribution < -0.4 is 11.1 Å². The lowest BCUT2D eigenvalue weighted by Gasteiger charge is -2.09. The van der Waals surface area contributed by atoms with Gasteiger partial charge in [-0.2, -0.15) is 5.26 Å². The Morgan fingerprint density at radius 3 is 2.80 bits per heavy atom. The van der Waals surface area contributed by atoms with E-state index in [4.69, 9.17) is 22.6 Å². The fourth-order valence-electron chi connectivity index (χ4n) is 1.65. The van der Waals surface area contributed by atoms with Gasteiger partial charge >= 0.3 is 0 Å². The summed E-state index contributed by atoms with van der Waals surface area (Å²) in [5.74, 6) is -1.27. The van der Waals surface area contributed by atoms with Gasteiger partial charge in [0.25, 0.3) is 5.91 Å². The van der Waals surface area contributed by atoms with Crippen molar-refractivity contribution < 1.29 is 9.18 Å².